The molecule has 3 aliphatic rings. The summed E-state index contributed by atoms with van der Waals surface area (Å²) in [5.41, 5.74) is 1.41. The lowest BCUT2D eigenvalue weighted by atomic mass is 9.52. The fourth-order valence-corrected chi connectivity index (χ4v) is 8.34. The van der Waals surface area contributed by atoms with Crippen LogP contribution in [0.3, 0.4) is 0 Å². The Morgan fingerprint density at radius 3 is 1.28 bits per heavy atom. The third kappa shape index (κ3) is 7.54. The first-order chi connectivity index (χ1) is 21.9. The van der Waals surface area contributed by atoms with Gasteiger partial charge in [0.1, 0.15) is 23.7 Å². The van der Waals surface area contributed by atoms with Crippen LogP contribution in [-0.4, -0.2) is 34.4 Å². The molecule has 0 unspecified atom stereocenters. The van der Waals surface area contributed by atoms with E-state index >= 15 is 0 Å². The monoisotopic (exact) mass is 636 g/mol. The Kier molecular flexibility index (Phi) is 11.0. The lowest BCUT2D eigenvalue weighted by Gasteiger charge is -2.49. The van der Waals surface area contributed by atoms with Gasteiger partial charge in [-0.05, 0) is 96.6 Å². The van der Waals surface area contributed by atoms with E-state index in [1.807, 2.05) is 0 Å². The largest absolute Gasteiger partial charge is 0.508 e. The molecule has 2 aromatic carbocycles. The van der Waals surface area contributed by atoms with Gasteiger partial charge in [0.05, 0.1) is 11.8 Å². The molecule has 5 rings (SSSR count). The van der Waals surface area contributed by atoms with E-state index in [1.165, 1.54) is 0 Å². The van der Waals surface area contributed by atoms with Gasteiger partial charge in [0.15, 0.2) is 0 Å². The van der Waals surface area contributed by atoms with Crippen molar-refractivity contribution in [3.63, 3.8) is 0 Å². The highest BCUT2D eigenvalue weighted by molar-refractivity contribution is 5.85. The summed E-state index contributed by atoms with van der Waals surface area (Å²) in [4.78, 5) is 51.3. The van der Waals surface area contributed by atoms with Gasteiger partial charge in [-0.1, -0.05) is 78.6 Å². The van der Waals surface area contributed by atoms with Gasteiger partial charge in [0.25, 0.3) is 0 Å². The molecular formula is C38H52O8. The van der Waals surface area contributed by atoms with Gasteiger partial charge in [0.2, 0.25) is 0 Å². The van der Waals surface area contributed by atoms with Gasteiger partial charge in [-0.2, -0.15) is 9.78 Å². The molecule has 0 heterocycles. The van der Waals surface area contributed by atoms with Crippen LogP contribution in [0.15, 0.2) is 48.5 Å². The van der Waals surface area contributed by atoms with E-state index in [-0.39, 0.29) is 35.5 Å². The zero-order valence-electron chi connectivity index (χ0n) is 28.1. The molecule has 0 saturated heterocycles. The van der Waals surface area contributed by atoms with E-state index in [2.05, 4.69) is 41.5 Å². The first-order valence-corrected chi connectivity index (χ1v) is 17.3. The summed E-state index contributed by atoms with van der Waals surface area (Å²) >= 11 is 0. The van der Waals surface area contributed by atoms with Crippen molar-refractivity contribution in [2.45, 2.75) is 104 Å². The SMILES string of the molecule is CC(C)[C@@H]1CC[C@@H](C)C[C@H]1OOC(=O)C1C(c2ccc(O)cc2)C(C(=O)OO[C@@H]2C[C@H](C)CC[C@H]2C(C)C)C1c1ccc(O)cc1. The Morgan fingerprint density at radius 1 is 0.609 bits per heavy atom. The van der Waals surface area contributed by atoms with E-state index in [1.54, 1.807) is 48.5 Å². The zero-order valence-corrected chi connectivity index (χ0v) is 28.1. The quantitative estimate of drug-likeness (QED) is 0.199. The van der Waals surface area contributed by atoms with Crippen LogP contribution in [0, 0.1) is 47.3 Å². The number of carbonyl (C=O) groups excluding carboxylic acids is 2. The Hall–Kier alpha value is -3.10. The first-order valence-electron chi connectivity index (χ1n) is 17.3. The maximum atomic E-state index is 14.0. The normalized spacial score (nSPS) is 33.0. The van der Waals surface area contributed by atoms with Crippen LogP contribution in [-0.2, 0) is 29.1 Å². The molecule has 8 nitrogen and oxygen atoms in total. The van der Waals surface area contributed by atoms with E-state index in [9.17, 15) is 19.8 Å². The molecule has 0 bridgehead atoms. The molecule has 6 atom stereocenters. The Labute approximate surface area is 273 Å². The number of aromatic hydroxyl groups is 2. The maximum absolute atomic E-state index is 14.0. The summed E-state index contributed by atoms with van der Waals surface area (Å²) in [6, 6.07) is 13.1. The highest BCUT2D eigenvalue weighted by Gasteiger charge is 2.60. The summed E-state index contributed by atoms with van der Waals surface area (Å²) in [7, 11) is 0. The summed E-state index contributed by atoms with van der Waals surface area (Å²) < 4.78 is 0. The smallest absolute Gasteiger partial charge is 0.346 e. The average Bonchev–Trinajstić information content (AvgIpc) is 3.00. The van der Waals surface area contributed by atoms with Crippen molar-refractivity contribution in [1.29, 1.82) is 0 Å². The van der Waals surface area contributed by atoms with Gasteiger partial charge in [-0.15, -0.1) is 0 Å². The molecule has 0 spiro atoms. The second-order valence-corrected chi connectivity index (χ2v) is 15.0. The molecular weight excluding hydrogens is 584 g/mol. The zero-order chi connectivity index (χ0) is 33.1. The minimum absolute atomic E-state index is 0.0837. The second-order valence-electron chi connectivity index (χ2n) is 15.0. The summed E-state index contributed by atoms with van der Waals surface area (Å²) in [5, 5.41) is 20.1. The predicted octanol–water partition coefficient (Wildman–Crippen LogP) is 8.08. The predicted molar refractivity (Wildman–Crippen MR) is 173 cm³/mol. The van der Waals surface area contributed by atoms with Gasteiger partial charge in [0, 0.05) is 11.8 Å². The van der Waals surface area contributed by atoms with E-state index in [0.717, 1.165) is 38.5 Å². The third-order valence-electron chi connectivity index (χ3n) is 11.1. The summed E-state index contributed by atoms with van der Waals surface area (Å²) in [6.45, 7) is 13.1. The first kappa shape index (κ1) is 34.2. The number of carbonyl (C=O) groups is 2. The fraction of sp³-hybridized carbons (Fsp3) is 0.632. The Bertz CT molecular complexity index is 1200. The highest BCUT2D eigenvalue weighted by atomic mass is 17.2. The lowest BCUT2D eigenvalue weighted by molar-refractivity contribution is -0.327. The fourth-order valence-electron chi connectivity index (χ4n) is 8.34. The average molecular weight is 637 g/mol. The number of hydrogen-bond acceptors (Lipinski definition) is 8. The number of benzene rings is 2. The summed E-state index contributed by atoms with van der Waals surface area (Å²) in [5.74, 6) is -1.43. The van der Waals surface area contributed by atoms with Crippen molar-refractivity contribution in [2.75, 3.05) is 0 Å². The van der Waals surface area contributed by atoms with Gasteiger partial charge >= 0.3 is 11.9 Å². The van der Waals surface area contributed by atoms with E-state index < -0.39 is 35.6 Å². The number of rotatable bonds is 10. The van der Waals surface area contributed by atoms with E-state index in [4.69, 9.17) is 19.6 Å². The van der Waals surface area contributed by atoms with Crippen molar-refractivity contribution in [2.24, 2.45) is 47.3 Å². The highest BCUT2D eigenvalue weighted by Crippen LogP contribution is 2.59. The van der Waals surface area contributed by atoms with E-state index in [0.29, 0.717) is 34.8 Å². The molecule has 2 aromatic rings. The Morgan fingerprint density at radius 2 is 0.957 bits per heavy atom. The van der Waals surface area contributed by atoms with Crippen LogP contribution in [0.25, 0.3) is 0 Å². The maximum Gasteiger partial charge on any atom is 0.346 e. The van der Waals surface area contributed by atoms with Crippen molar-refractivity contribution in [1.82, 2.24) is 0 Å². The second kappa shape index (κ2) is 14.8. The third-order valence-corrected chi connectivity index (χ3v) is 11.1. The van der Waals surface area contributed by atoms with Crippen LogP contribution in [0.5, 0.6) is 11.5 Å². The molecule has 8 heteroatoms. The molecule has 0 radical (unpaired) electrons. The number of phenols is 2. The Balaban J connectivity index is 1.42. The molecule has 46 heavy (non-hydrogen) atoms. The van der Waals surface area contributed by atoms with Gasteiger partial charge in [-0.25, -0.2) is 9.59 Å². The number of phenolic OH excluding ortho intramolecular Hbond substituents is 2. The van der Waals surface area contributed by atoms with Crippen LogP contribution in [0.4, 0.5) is 0 Å². The minimum Gasteiger partial charge on any atom is -0.508 e. The molecule has 3 fully saturated rings. The topological polar surface area (TPSA) is 112 Å². The lowest BCUT2D eigenvalue weighted by Crippen LogP contribution is -2.52. The molecule has 3 saturated carbocycles. The van der Waals surface area contributed by atoms with Crippen molar-refractivity contribution < 1.29 is 39.4 Å². The van der Waals surface area contributed by atoms with Crippen molar-refractivity contribution in [3.8, 4) is 11.5 Å². The van der Waals surface area contributed by atoms with Crippen LogP contribution >= 0.6 is 0 Å². The van der Waals surface area contributed by atoms with Crippen molar-refractivity contribution in [3.05, 3.63) is 59.7 Å². The van der Waals surface area contributed by atoms with Crippen LogP contribution < -0.4 is 0 Å². The van der Waals surface area contributed by atoms with Crippen LogP contribution in [0.1, 0.15) is 103 Å². The molecule has 3 aliphatic carbocycles. The summed E-state index contributed by atoms with van der Waals surface area (Å²) in [6.07, 6.45) is 5.49. The van der Waals surface area contributed by atoms with Crippen molar-refractivity contribution >= 4 is 11.9 Å². The number of hydrogen-bond donors (Lipinski definition) is 2. The molecule has 2 N–H and O–H groups in total. The molecule has 0 amide bonds. The van der Waals surface area contributed by atoms with Crippen LogP contribution in [0.2, 0.25) is 0 Å². The molecule has 0 aliphatic heterocycles. The minimum atomic E-state index is -0.775. The molecule has 0 aromatic heterocycles. The molecule has 252 valence electrons. The van der Waals surface area contributed by atoms with Gasteiger partial charge in [-0.3, -0.25) is 9.78 Å². The standard InChI is InChI=1S/C38H52O8/c1-21(2)29-17-7-23(5)19-31(29)43-45-37(41)35-33(25-9-13-27(39)14-10-25)36(34(35)26-11-15-28(40)16-12-26)38(42)46-44-32-20-24(6)8-18-30(32)22(3)4/h9-16,21-24,29-36,39-40H,7-8,17-20H2,1-6H3/t23-,24-,29+,30+,31-,32-,33?,34?,35?,36?/m1/s1. The van der Waals surface area contributed by atoms with Gasteiger partial charge < -0.3 is 10.2 Å².